The minimum absolute atomic E-state index is 0.0975. The molecule has 1 unspecified atom stereocenters. The van der Waals surface area contributed by atoms with E-state index in [2.05, 4.69) is 27.7 Å². The van der Waals surface area contributed by atoms with Crippen molar-refractivity contribution < 1.29 is 0 Å². The highest BCUT2D eigenvalue weighted by Crippen LogP contribution is 2.34. The third-order valence-electron chi connectivity index (χ3n) is 8.70. The summed E-state index contributed by atoms with van der Waals surface area (Å²) in [5, 5.41) is 0. The Morgan fingerprint density at radius 3 is 1.00 bits per heavy atom. The lowest BCUT2D eigenvalue weighted by Gasteiger charge is -2.38. The van der Waals surface area contributed by atoms with Gasteiger partial charge in [-0.1, -0.05) is 188 Å². The van der Waals surface area contributed by atoms with E-state index in [1.54, 1.807) is 0 Å². The van der Waals surface area contributed by atoms with Crippen LogP contribution < -0.4 is 5.73 Å². The second-order valence-electron chi connectivity index (χ2n) is 12.1. The van der Waals surface area contributed by atoms with Crippen LogP contribution in [0.25, 0.3) is 0 Å². The van der Waals surface area contributed by atoms with Gasteiger partial charge in [0.05, 0.1) is 0 Å². The molecule has 0 aliphatic rings. The zero-order valence-corrected chi connectivity index (χ0v) is 25.5. The fourth-order valence-electron chi connectivity index (χ4n) is 6.13. The van der Waals surface area contributed by atoms with Gasteiger partial charge in [-0.15, -0.1) is 0 Å². The van der Waals surface area contributed by atoms with Crippen molar-refractivity contribution in [1.29, 1.82) is 0 Å². The van der Waals surface area contributed by atoms with Gasteiger partial charge in [-0.3, -0.25) is 0 Å². The van der Waals surface area contributed by atoms with Crippen molar-refractivity contribution in [3.63, 3.8) is 0 Å². The van der Waals surface area contributed by atoms with E-state index in [0.29, 0.717) is 0 Å². The molecular weight excluding hydrogens is 422 g/mol. The molecule has 0 saturated heterocycles. The van der Waals surface area contributed by atoms with Crippen LogP contribution in [-0.2, 0) is 0 Å². The van der Waals surface area contributed by atoms with E-state index < -0.39 is 0 Å². The van der Waals surface area contributed by atoms with E-state index in [4.69, 9.17) is 5.73 Å². The predicted octanol–water partition coefficient (Wildman–Crippen LogP) is 12.3. The monoisotopic (exact) mass is 494 g/mol. The van der Waals surface area contributed by atoms with Crippen LogP contribution in [0.1, 0.15) is 207 Å². The molecule has 0 amide bonds. The lowest BCUT2D eigenvalue weighted by atomic mass is 9.73. The molecule has 0 aliphatic heterocycles. The van der Waals surface area contributed by atoms with E-state index in [1.165, 1.54) is 180 Å². The Morgan fingerprint density at radius 1 is 0.400 bits per heavy atom. The second-order valence-corrected chi connectivity index (χ2v) is 12.1. The van der Waals surface area contributed by atoms with E-state index in [1.807, 2.05) is 0 Å². The predicted molar refractivity (Wildman–Crippen MR) is 162 cm³/mol. The Morgan fingerprint density at radius 2 is 0.686 bits per heavy atom. The van der Waals surface area contributed by atoms with E-state index >= 15 is 0 Å². The molecule has 212 valence electrons. The van der Waals surface area contributed by atoms with E-state index in [9.17, 15) is 0 Å². The van der Waals surface area contributed by atoms with E-state index in [-0.39, 0.29) is 5.54 Å². The largest absolute Gasteiger partial charge is 0.325 e. The topological polar surface area (TPSA) is 26.0 Å². The average Bonchev–Trinajstić information content (AvgIpc) is 2.86. The SMILES string of the molecule is CCCCCCCCCCC(CC)C(N)(CCCCCCCCCC)CCCCCCCCCC. The van der Waals surface area contributed by atoms with Crippen LogP contribution in [0.2, 0.25) is 0 Å². The van der Waals surface area contributed by atoms with Gasteiger partial charge in [-0.2, -0.15) is 0 Å². The molecule has 1 heteroatoms. The number of nitrogens with two attached hydrogens (primary N) is 1. The first-order chi connectivity index (χ1) is 17.1. The Hall–Kier alpha value is -0.0400. The normalized spacial score (nSPS) is 12.9. The molecule has 0 aromatic rings. The van der Waals surface area contributed by atoms with Gasteiger partial charge in [0.1, 0.15) is 0 Å². The summed E-state index contributed by atoms with van der Waals surface area (Å²) >= 11 is 0. The molecule has 0 rings (SSSR count). The molecule has 0 bridgehead atoms. The summed E-state index contributed by atoms with van der Waals surface area (Å²) in [5.74, 6) is 0.733. The van der Waals surface area contributed by atoms with Gasteiger partial charge < -0.3 is 5.73 Å². The van der Waals surface area contributed by atoms with Crippen LogP contribution in [0.4, 0.5) is 0 Å². The minimum atomic E-state index is 0.0975. The summed E-state index contributed by atoms with van der Waals surface area (Å²) in [7, 11) is 0. The Balaban J connectivity index is 4.41. The highest BCUT2D eigenvalue weighted by molar-refractivity contribution is 4.90. The third-order valence-corrected chi connectivity index (χ3v) is 8.70. The highest BCUT2D eigenvalue weighted by Gasteiger charge is 2.32. The number of rotatable bonds is 29. The molecular formula is C34H71N. The summed E-state index contributed by atoms with van der Waals surface area (Å²) in [6.45, 7) is 9.35. The molecule has 2 N–H and O–H groups in total. The maximum Gasteiger partial charge on any atom is 0.0182 e. The van der Waals surface area contributed by atoms with Crippen molar-refractivity contribution in [3.8, 4) is 0 Å². The van der Waals surface area contributed by atoms with Crippen molar-refractivity contribution in [3.05, 3.63) is 0 Å². The zero-order chi connectivity index (χ0) is 25.9. The van der Waals surface area contributed by atoms with Crippen molar-refractivity contribution in [1.82, 2.24) is 0 Å². The van der Waals surface area contributed by atoms with Crippen molar-refractivity contribution in [2.45, 2.75) is 213 Å². The fraction of sp³-hybridized carbons (Fsp3) is 1.00. The average molecular weight is 494 g/mol. The number of unbranched alkanes of at least 4 members (excludes halogenated alkanes) is 21. The van der Waals surface area contributed by atoms with Crippen LogP contribution in [0.3, 0.4) is 0 Å². The molecule has 0 heterocycles. The zero-order valence-electron chi connectivity index (χ0n) is 25.5. The quantitative estimate of drug-likeness (QED) is 0.103. The van der Waals surface area contributed by atoms with Gasteiger partial charge in [0.2, 0.25) is 0 Å². The van der Waals surface area contributed by atoms with Crippen LogP contribution in [0, 0.1) is 5.92 Å². The molecule has 0 saturated carbocycles. The molecule has 1 nitrogen and oxygen atoms in total. The molecule has 0 radical (unpaired) electrons. The van der Waals surface area contributed by atoms with Gasteiger partial charge in [-0.05, 0) is 25.2 Å². The molecule has 0 aromatic carbocycles. The van der Waals surface area contributed by atoms with Crippen LogP contribution in [-0.4, -0.2) is 5.54 Å². The Bertz CT molecular complexity index is 370. The molecule has 0 spiro atoms. The molecule has 0 aliphatic carbocycles. The van der Waals surface area contributed by atoms with Crippen molar-refractivity contribution >= 4 is 0 Å². The van der Waals surface area contributed by atoms with Crippen molar-refractivity contribution in [2.24, 2.45) is 11.7 Å². The third kappa shape index (κ3) is 21.7. The summed E-state index contributed by atoms with van der Waals surface area (Å²) in [6.07, 6.45) is 39.1. The highest BCUT2D eigenvalue weighted by atomic mass is 14.8. The van der Waals surface area contributed by atoms with Gasteiger partial charge in [0, 0.05) is 5.54 Å². The fourth-order valence-corrected chi connectivity index (χ4v) is 6.13. The van der Waals surface area contributed by atoms with Gasteiger partial charge in [-0.25, -0.2) is 0 Å². The van der Waals surface area contributed by atoms with E-state index in [0.717, 1.165) is 5.92 Å². The van der Waals surface area contributed by atoms with Crippen LogP contribution >= 0.6 is 0 Å². The summed E-state index contributed by atoms with van der Waals surface area (Å²) in [6, 6.07) is 0. The lowest BCUT2D eigenvalue weighted by molar-refractivity contribution is 0.199. The van der Waals surface area contributed by atoms with Crippen LogP contribution in [0.15, 0.2) is 0 Å². The van der Waals surface area contributed by atoms with Crippen LogP contribution in [0.5, 0.6) is 0 Å². The standard InChI is InChI=1S/C34H71N/c1-5-9-12-15-18-21-24-27-30-33(8-4)34(35,31-28-25-22-19-16-13-10-6-2)32-29-26-23-20-17-14-11-7-3/h33H,5-32,35H2,1-4H3. The van der Waals surface area contributed by atoms with Crippen molar-refractivity contribution in [2.75, 3.05) is 0 Å². The molecule has 0 fully saturated rings. The second kappa shape index (κ2) is 27.0. The maximum atomic E-state index is 7.31. The molecule has 35 heavy (non-hydrogen) atoms. The summed E-state index contributed by atoms with van der Waals surface area (Å²) < 4.78 is 0. The molecule has 1 atom stereocenters. The number of hydrogen-bond acceptors (Lipinski definition) is 1. The minimum Gasteiger partial charge on any atom is -0.325 e. The Kier molecular flexibility index (Phi) is 27.0. The summed E-state index contributed by atoms with van der Waals surface area (Å²) in [4.78, 5) is 0. The first kappa shape index (κ1) is 35.0. The first-order valence-corrected chi connectivity index (χ1v) is 16.9. The maximum absolute atomic E-state index is 7.31. The van der Waals surface area contributed by atoms with Gasteiger partial charge >= 0.3 is 0 Å². The lowest BCUT2D eigenvalue weighted by Crippen LogP contribution is -2.47. The molecule has 0 aromatic heterocycles. The van der Waals surface area contributed by atoms with Gasteiger partial charge in [0.15, 0.2) is 0 Å². The number of hydrogen-bond donors (Lipinski definition) is 1. The Labute approximate surface area is 224 Å². The van der Waals surface area contributed by atoms with Gasteiger partial charge in [0.25, 0.3) is 0 Å². The smallest absolute Gasteiger partial charge is 0.0182 e. The summed E-state index contributed by atoms with van der Waals surface area (Å²) in [5.41, 5.74) is 7.41. The first-order valence-electron chi connectivity index (χ1n) is 16.9.